The molecule has 0 aromatic carbocycles. The maximum atomic E-state index is 5.72. The van der Waals surface area contributed by atoms with Crippen LogP contribution in [-0.4, -0.2) is 21.7 Å². The van der Waals surface area contributed by atoms with Gasteiger partial charge in [-0.2, -0.15) is 0 Å². The number of anilines is 1. The second-order valence-electron chi connectivity index (χ2n) is 3.18. The SMILES string of the molecule is CCNc1nnc(SCc2ccc(Cl)nc2)s1. The normalized spacial score (nSPS) is 10.5. The van der Waals surface area contributed by atoms with Crippen LogP contribution in [0.1, 0.15) is 12.5 Å². The highest BCUT2D eigenvalue weighted by Gasteiger charge is 2.04. The van der Waals surface area contributed by atoms with Gasteiger partial charge in [-0.3, -0.25) is 0 Å². The topological polar surface area (TPSA) is 50.7 Å². The number of nitrogens with zero attached hydrogens (tertiary/aromatic N) is 3. The Balaban J connectivity index is 1.90. The van der Waals surface area contributed by atoms with Crippen LogP contribution in [-0.2, 0) is 5.75 Å². The molecule has 90 valence electrons. The van der Waals surface area contributed by atoms with Gasteiger partial charge in [0.05, 0.1) is 0 Å². The van der Waals surface area contributed by atoms with Gasteiger partial charge in [-0.1, -0.05) is 40.8 Å². The molecular formula is C10H11ClN4S2. The first-order valence-electron chi connectivity index (χ1n) is 5.08. The van der Waals surface area contributed by atoms with Gasteiger partial charge >= 0.3 is 0 Å². The Bertz CT molecular complexity index is 471. The summed E-state index contributed by atoms with van der Waals surface area (Å²) in [6.07, 6.45) is 1.78. The zero-order chi connectivity index (χ0) is 12.1. The molecule has 0 aliphatic carbocycles. The molecule has 0 radical (unpaired) electrons. The maximum absolute atomic E-state index is 5.72. The van der Waals surface area contributed by atoms with Crippen molar-refractivity contribution in [2.45, 2.75) is 17.0 Å². The third kappa shape index (κ3) is 3.83. The van der Waals surface area contributed by atoms with Crippen molar-refractivity contribution >= 4 is 39.8 Å². The number of pyridine rings is 1. The number of nitrogens with one attached hydrogen (secondary N) is 1. The Kier molecular flexibility index (Phi) is 4.58. The van der Waals surface area contributed by atoms with E-state index in [0.717, 1.165) is 27.3 Å². The standard InChI is InChI=1S/C10H11ClN4S2/c1-2-12-9-14-15-10(17-9)16-6-7-3-4-8(11)13-5-7/h3-5H,2,6H2,1H3,(H,12,14). The van der Waals surface area contributed by atoms with Crippen LogP contribution in [0.4, 0.5) is 5.13 Å². The molecule has 0 spiro atoms. The van der Waals surface area contributed by atoms with Crippen molar-refractivity contribution in [2.24, 2.45) is 0 Å². The lowest BCUT2D eigenvalue weighted by molar-refractivity contribution is 1.00. The molecule has 0 aliphatic heterocycles. The van der Waals surface area contributed by atoms with Crippen LogP contribution in [0.25, 0.3) is 0 Å². The minimum Gasteiger partial charge on any atom is -0.360 e. The van der Waals surface area contributed by atoms with E-state index in [-0.39, 0.29) is 0 Å². The third-order valence-corrected chi connectivity index (χ3v) is 4.19. The van der Waals surface area contributed by atoms with Crippen molar-refractivity contribution in [3.05, 3.63) is 29.0 Å². The highest BCUT2D eigenvalue weighted by molar-refractivity contribution is 8.00. The predicted molar refractivity (Wildman–Crippen MR) is 72.9 cm³/mol. The summed E-state index contributed by atoms with van der Waals surface area (Å²) < 4.78 is 0.955. The van der Waals surface area contributed by atoms with E-state index in [1.165, 1.54) is 0 Å². The monoisotopic (exact) mass is 286 g/mol. The summed E-state index contributed by atoms with van der Waals surface area (Å²) in [6.45, 7) is 2.90. The fourth-order valence-electron chi connectivity index (χ4n) is 1.13. The van der Waals surface area contributed by atoms with Gasteiger partial charge < -0.3 is 5.32 Å². The minimum absolute atomic E-state index is 0.518. The average Bonchev–Trinajstić information content (AvgIpc) is 2.77. The van der Waals surface area contributed by atoms with E-state index in [1.54, 1.807) is 35.4 Å². The van der Waals surface area contributed by atoms with Gasteiger partial charge in [-0.05, 0) is 18.6 Å². The van der Waals surface area contributed by atoms with Crippen LogP contribution in [0, 0.1) is 0 Å². The highest BCUT2D eigenvalue weighted by Crippen LogP contribution is 2.28. The number of halogens is 1. The number of rotatable bonds is 5. The Labute approximate surface area is 113 Å². The molecule has 2 heterocycles. The van der Waals surface area contributed by atoms with Crippen molar-refractivity contribution in [3.8, 4) is 0 Å². The van der Waals surface area contributed by atoms with Gasteiger partial charge in [-0.25, -0.2) is 4.98 Å². The van der Waals surface area contributed by atoms with Gasteiger partial charge in [0.1, 0.15) is 5.15 Å². The van der Waals surface area contributed by atoms with Crippen molar-refractivity contribution in [1.29, 1.82) is 0 Å². The molecule has 2 aromatic rings. The second kappa shape index (κ2) is 6.18. The zero-order valence-corrected chi connectivity index (χ0v) is 11.6. The molecule has 0 atom stereocenters. The van der Waals surface area contributed by atoms with Crippen LogP contribution < -0.4 is 5.32 Å². The highest BCUT2D eigenvalue weighted by atomic mass is 35.5. The molecule has 0 bridgehead atoms. The summed E-state index contributed by atoms with van der Waals surface area (Å²) >= 11 is 8.93. The van der Waals surface area contributed by atoms with E-state index in [9.17, 15) is 0 Å². The summed E-state index contributed by atoms with van der Waals surface area (Å²) in [7, 11) is 0. The molecule has 1 N–H and O–H groups in total. The van der Waals surface area contributed by atoms with Gasteiger partial charge in [0.25, 0.3) is 0 Å². The van der Waals surface area contributed by atoms with E-state index in [1.807, 2.05) is 13.0 Å². The summed E-state index contributed by atoms with van der Waals surface area (Å²) in [4.78, 5) is 4.03. The van der Waals surface area contributed by atoms with E-state index in [4.69, 9.17) is 11.6 Å². The number of hydrogen-bond acceptors (Lipinski definition) is 6. The van der Waals surface area contributed by atoms with Crippen molar-refractivity contribution in [2.75, 3.05) is 11.9 Å². The molecule has 0 saturated heterocycles. The largest absolute Gasteiger partial charge is 0.360 e. The lowest BCUT2D eigenvalue weighted by atomic mass is 10.3. The Hall–Kier alpha value is -0.850. The summed E-state index contributed by atoms with van der Waals surface area (Å²) in [5, 5.41) is 12.6. The molecule has 17 heavy (non-hydrogen) atoms. The molecule has 7 heteroatoms. The van der Waals surface area contributed by atoms with E-state index >= 15 is 0 Å². The molecule has 0 unspecified atom stereocenters. The summed E-state index contributed by atoms with van der Waals surface area (Å²) in [5.74, 6) is 0.824. The second-order valence-corrected chi connectivity index (χ2v) is 5.77. The maximum Gasteiger partial charge on any atom is 0.206 e. The Morgan fingerprint density at radius 2 is 2.29 bits per heavy atom. The van der Waals surface area contributed by atoms with E-state index in [0.29, 0.717) is 5.15 Å². The van der Waals surface area contributed by atoms with Crippen LogP contribution in [0.2, 0.25) is 5.15 Å². The van der Waals surface area contributed by atoms with Crippen LogP contribution in [0.15, 0.2) is 22.7 Å². The van der Waals surface area contributed by atoms with E-state index in [2.05, 4.69) is 20.5 Å². The molecule has 0 fully saturated rings. The van der Waals surface area contributed by atoms with Crippen LogP contribution >= 0.6 is 34.7 Å². The molecule has 0 aliphatic rings. The van der Waals surface area contributed by atoms with Crippen LogP contribution in [0.3, 0.4) is 0 Å². The summed E-state index contributed by atoms with van der Waals surface area (Å²) in [5.41, 5.74) is 1.12. The fraction of sp³-hybridized carbons (Fsp3) is 0.300. The molecule has 4 nitrogen and oxygen atoms in total. The fourth-order valence-corrected chi connectivity index (χ4v) is 2.99. The van der Waals surface area contributed by atoms with Gasteiger partial charge in [0, 0.05) is 18.5 Å². The zero-order valence-electron chi connectivity index (χ0n) is 9.18. The van der Waals surface area contributed by atoms with Gasteiger partial charge in [0.2, 0.25) is 5.13 Å². The number of thioether (sulfide) groups is 1. The predicted octanol–water partition coefficient (Wildman–Crippen LogP) is 3.31. The van der Waals surface area contributed by atoms with Crippen molar-refractivity contribution < 1.29 is 0 Å². The Morgan fingerprint density at radius 1 is 1.41 bits per heavy atom. The summed E-state index contributed by atoms with van der Waals surface area (Å²) in [6, 6.07) is 3.76. The van der Waals surface area contributed by atoms with Crippen LogP contribution in [0.5, 0.6) is 0 Å². The molecule has 2 rings (SSSR count). The quantitative estimate of drug-likeness (QED) is 0.675. The lowest BCUT2D eigenvalue weighted by Crippen LogP contribution is -1.94. The van der Waals surface area contributed by atoms with Crippen molar-refractivity contribution in [1.82, 2.24) is 15.2 Å². The first-order valence-corrected chi connectivity index (χ1v) is 7.26. The lowest BCUT2D eigenvalue weighted by Gasteiger charge is -1.97. The molecule has 0 amide bonds. The minimum atomic E-state index is 0.518. The molecule has 2 aromatic heterocycles. The van der Waals surface area contributed by atoms with Gasteiger partial charge in [0.15, 0.2) is 4.34 Å². The smallest absolute Gasteiger partial charge is 0.206 e. The third-order valence-electron chi connectivity index (χ3n) is 1.89. The first kappa shape index (κ1) is 12.6. The van der Waals surface area contributed by atoms with Gasteiger partial charge in [-0.15, -0.1) is 10.2 Å². The average molecular weight is 287 g/mol. The molecular weight excluding hydrogens is 276 g/mol. The Morgan fingerprint density at radius 3 is 3.00 bits per heavy atom. The first-order chi connectivity index (χ1) is 8.28. The number of aromatic nitrogens is 3. The number of hydrogen-bond donors (Lipinski definition) is 1. The molecule has 0 saturated carbocycles. The van der Waals surface area contributed by atoms with E-state index < -0.39 is 0 Å². The van der Waals surface area contributed by atoms with Crippen molar-refractivity contribution in [3.63, 3.8) is 0 Å².